The molecule has 86 valence electrons. The monoisotopic (exact) mass is 220 g/mol. The Bertz CT molecular complexity index is 345. The maximum absolute atomic E-state index is 10.3. The van der Waals surface area contributed by atoms with Gasteiger partial charge < -0.3 is 15.2 Å². The molecule has 2 heterocycles. The molecule has 16 heavy (non-hydrogen) atoms. The summed E-state index contributed by atoms with van der Waals surface area (Å²) in [5, 5.41) is 13.3. The first-order valence-electron chi connectivity index (χ1n) is 5.61. The molecule has 0 amide bonds. The highest BCUT2D eigenvalue weighted by molar-refractivity contribution is 5.54. The second-order valence-electron chi connectivity index (χ2n) is 4.11. The van der Waals surface area contributed by atoms with Crippen LogP contribution in [0.25, 0.3) is 0 Å². The fourth-order valence-electron chi connectivity index (χ4n) is 2.01. The number of aliphatic hydroxyl groups excluding tert-OH is 1. The van der Waals surface area contributed by atoms with Gasteiger partial charge in [0.15, 0.2) is 0 Å². The number of hydrogen-bond donors (Lipinski definition) is 2. The zero-order chi connectivity index (χ0) is 11.4. The summed E-state index contributed by atoms with van der Waals surface area (Å²) in [4.78, 5) is 14.5. The number of pyridine rings is 1. The van der Waals surface area contributed by atoms with Crippen LogP contribution in [0.3, 0.4) is 0 Å². The fourth-order valence-corrected chi connectivity index (χ4v) is 2.01. The molecular weight excluding hydrogens is 204 g/mol. The van der Waals surface area contributed by atoms with Crippen molar-refractivity contribution < 1.29 is 9.90 Å². The molecule has 1 aliphatic rings. The van der Waals surface area contributed by atoms with Crippen molar-refractivity contribution in [2.45, 2.75) is 31.4 Å². The number of hydrogen-bond acceptors (Lipinski definition) is 4. The van der Waals surface area contributed by atoms with Crippen molar-refractivity contribution in [1.29, 1.82) is 0 Å². The quantitative estimate of drug-likeness (QED) is 0.730. The summed E-state index contributed by atoms with van der Waals surface area (Å²) >= 11 is 0. The molecule has 2 atom stereocenters. The van der Waals surface area contributed by atoms with Crippen LogP contribution in [0.1, 0.15) is 30.2 Å². The maximum Gasteiger partial charge on any atom is 0.124 e. The molecule has 1 saturated heterocycles. The van der Waals surface area contributed by atoms with Crippen LogP contribution < -0.4 is 5.32 Å². The van der Waals surface area contributed by atoms with Crippen LogP contribution in [0.2, 0.25) is 0 Å². The minimum Gasteiger partial charge on any atom is -0.385 e. The minimum absolute atomic E-state index is 0.115. The van der Waals surface area contributed by atoms with E-state index in [1.165, 1.54) is 0 Å². The average molecular weight is 220 g/mol. The van der Waals surface area contributed by atoms with Gasteiger partial charge in [0.1, 0.15) is 12.4 Å². The average Bonchev–Trinajstić information content (AvgIpc) is 2.83. The number of rotatable bonds is 4. The van der Waals surface area contributed by atoms with Gasteiger partial charge in [0, 0.05) is 18.7 Å². The standard InChI is InChI=1S/C12H16N2O2/c15-7-5-9-3-4-11(14-8-9)12(16)10-2-1-6-13-10/h3-4,7-8,10,12-13,16H,1-2,5-6H2. The topological polar surface area (TPSA) is 62.2 Å². The highest BCUT2D eigenvalue weighted by Gasteiger charge is 2.24. The SMILES string of the molecule is O=CCc1ccc(C(O)C2CCCN2)nc1. The van der Waals surface area contributed by atoms with Gasteiger partial charge in [-0.3, -0.25) is 4.98 Å². The Morgan fingerprint density at radius 3 is 3.06 bits per heavy atom. The first-order valence-corrected chi connectivity index (χ1v) is 5.61. The molecule has 4 heteroatoms. The molecule has 0 saturated carbocycles. The second kappa shape index (κ2) is 5.18. The maximum atomic E-state index is 10.3. The molecule has 0 bridgehead atoms. The normalized spacial score (nSPS) is 21.9. The molecule has 0 aliphatic carbocycles. The Morgan fingerprint density at radius 2 is 2.50 bits per heavy atom. The smallest absolute Gasteiger partial charge is 0.124 e. The van der Waals surface area contributed by atoms with Gasteiger partial charge in [-0.05, 0) is 31.0 Å². The van der Waals surface area contributed by atoms with Crippen molar-refractivity contribution in [3.8, 4) is 0 Å². The first-order chi connectivity index (χ1) is 7.81. The summed E-state index contributed by atoms with van der Waals surface area (Å²) in [6, 6.07) is 3.75. The molecule has 4 nitrogen and oxygen atoms in total. The number of nitrogens with one attached hydrogen (secondary N) is 1. The van der Waals surface area contributed by atoms with Crippen LogP contribution in [-0.2, 0) is 11.2 Å². The van der Waals surface area contributed by atoms with Gasteiger partial charge in [-0.2, -0.15) is 0 Å². The van der Waals surface area contributed by atoms with E-state index in [0.29, 0.717) is 12.1 Å². The molecule has 2 unspecified atom stereocenters. The molecule has 0 radical (unpaired) electrons. The van der Waals surface area contributed by atoms with Gasteiger partial charge in [-0.1, -0.05) is 6.07 Å². The largest absolute Gasteiger partial charge is 0.385 e. The lowest BCUT2D eigenvalue weighted by Gasteiger charge is -2.17. The molecule has 2 N–H and O–H groups in total. The van der Waals surface area contributed by atoms with Crippen LogP contribution >= 0.6 is 0 Å². The van der Waals surface area contributed by atoms with Crippen molar-refractivity contribution >= 4 is 6.29 Å². The van der Waals surface area contributed by atoms with Crippen LogP contribution in [0, 0.1) is 0 Å². The van der Waals surface area contributed by atoms with Crippen molar-refractivity contribution in [3.05, 3.63) is 29.6 Å². The minimum atomic E-state index is -0.548. The van der Waals surface area contributed by atoms with Crippen LogP contribution in [0.15, 0.2) is 18.3 Å². The lowest BCUT2D eigenvalue weighted by Crippen LogP contribution is -2.29. The van der Waals surface area contributed by atoms with Crippen LogP contribution in [0.4, 0.5) is 0 Å². The highest BCUT2D eigenvalue weighted by atomic mass is 16.3. The molecule has 0 spiro atoms. The summed E-state index contributed by atoms with van der Waals surface area (Å²) < 4.78 is 0. The lowest BCUT2D eigenvalue weighted by molar-refractivity contribution is -0.107. The third-order valence-corrected chi connectivity index (χ3v) is 2.95. The highest BCUT2D eigenvalue weighted by Crippen LogP contribution is 2.21. The Hall–Kier alpha value is -1.26. The van der Waals surface area contributed by atoms with E-state index in [9.17, 15) is 9.90 Å². The van der Waals surface area contributed by atoms with Crippen molar-refractivity contribution in [2.24, 2.45) is 0 Å². The summed E-state index contributed by atoms with van der Waals surface area (Å²) in [5.41, 5.74) is 1.55. The van der Waals surface area contributed by atoms with Gasteiger partial charge in [0.05, 0.1) is 5.69 Å². The van der Waals surface area contributed by atoms with E-state index in [0.717, 1.165) is 31.2 Å². The summed E-state index contributed by atoms with van der Waals surface area (Å²) in [6.45, 7) is 0.963. The molecule has 0 aromatic carbocycles. The van der Waals surface area contributed by atoms with Crippen molar-refractivity contribution in [1.82, 2.24) is 10.3 Å². The summed E-state index contributed by atoms with van der Waals surface area (Å²) in [6.07, 6.45) is 4.43. The van der Waals surface area contributed by atoms with Crippen LogP contribution in [-0.4, -0.2) is 29.0 Å². The predicted octanol–water partition coefficient (Wildman–Crippen LogP) is 0.608. The third kappa shape index (κ3) is 2.46. The van der Waals surface area contributed by atoms with Crippen molar-refractivity contribution in [2.75, 3.05) is 6.54 Å². The molecule has 1 aromatic heterocycles. The summed E-state index contributed by atoms with van der Waals surface area (Å²) in [5.74, 6) is 0. The van der Waals surface area contributed by atoms with E-state index in [1.807, 2.05) is 6.07 Å². The van der Waals surface area contributed by atoms with E-state index >= 15 is 0 Å². The second-order valence-corrected chi connectivity index (χ2v) is 4.11. The van der Waals surface area contributed by atoms with E-state index < -0.39 is 6.10 Å². The third-order valence-electron chi connectivity index (χ3n) is 2.95. The zero-order valence-electron chi connectivity index (χ0n) is 9.10. The molecule has 1 fully saturated rings. The van der Waals surface area contributed by atoms with Gasteiger partial charge in [-0.25, -0.2) is 0 Å². The van der Waals surface area contributed by atoms with E-state index in [-0.39, 0.29) is 6.04 Å². The predicted molar refractivity (Wildman–Crippen MR) is 60.0 cm³/mol. The van der Waals surface area contributed by atoms with E-state index in [1.54, 1.807) is 12.3 Å². The fraction of sp³-hybridized carbons (Fsp3) is 0.500. The number of aldehydes is 1. The zero-order valence-corrected chi connectivity index (χ0v) is 9.10. The molecule has 2 rings (SSSR count). The Labute approximate surface area is 94.7 Å². The number of aliphatic hydroxyl groups is 1. The summed E-state index contributed by atoms with van der Waals surface area (Å²) in [7, 11) is 0. The number of nitrogens with zero attached hydrogens (tertiary/aromatic N) is 1. The molecule has 1 aromatic rings. The number of aromatic nitrogens is 1. The first kappa shape index (κ1) is 11.2. The van der Waals surface area contributed by atoms with E-state index in [4.69, 9.17) is 0 Å². The Kier molecular flexibility index (Phi) is 3.64. The van der Waals surface area contributed by atoms with Gasteiger partial charge in [-0.15, -0.1) is 0 Å². The van der Waals surface area contributed by atoms with Crippen LogP contribution in [0.5, 0.6) is 0 Å². The number of carbonyl (C=O) groups excluding carboxylic acids is 1. The lowest BCUT2D eigenvalue weighted by atomic mass is 10.0. The number of carbonyl (C=O) groups is 1. The van der Waals surface area contributed by atoms with Gasteiger partial charge in [0.25, 0.3) is 0 Å². The van der Waals surface area contributed by atoms with Gasteiger partial charge in [0.2, 0.25) is 0 Å². The van der Waals surface area contributed by atoms with Crippen molar-refractivity contribution in [3.63, 3.8) is 0 Å². The van der Waals surface area contributed by atoms with E-state index in [2.05, 4.69) is 10.3 Å². The Morgan fingerprint density at radius 1 is 1.62 bits per heavy atom. The molecule has 1 aliphatic heterocycles. The van der Waals surface area contributed by atoms with Gasteiger partial charge >= 0.3 is 0 Å². The molecular formula is C12H16N2O2. The Balaban J connectivity index is 2.05.